The maximum absolute atomic E-state index is 12.2. The Balaban J connectivity index is 1.96. The van der Waals surface area contributed by atoms with E-state index in [1.165, 1.54) is 0 Å². The number of hydrogen-bond acceptors (Lipinski definition) is 3. The third kappa shape index (κ3) is 5.12. The average molecular weight is 326 g/mol. The Morgan fingerprint density at radius 3 is 2.29 bits per heavy atom. The van der Waals surface area contributed by atoms with Crippen LogP contribution in [0.2, 0.25) is 0 Å². The fraction of sp³-hybridized carbons (Fsp3) is 0.263. The van der Waals surface area contributed by atoms with Gasteiger partial charge in [-0.25, -0.2) is 0 Å². The van der Waals surface area contributed by atoms with Crippen LogP contribution in [0.25, 0.3) is 0 Å². The van der Waals surface area contributed by atoms with Crippen molar-refractivity contribution >= 4 is 23.2 Å². The summed E-state index contributed by atoms with van der Waals surface area (Å²) in [6.07, 6.45) is -0.237. The highest BCUT2D eigenvalue weighted by Crippen LogP contribution is 2.17. The van der Waals surface area contributed by atoms with Crippen molar-refractivity contribution in [2.45, 2.75) is 33.3 Å². The zero-order valence-corrected chi connectivity index (χ0v) is 14.1. The molecule has 0 heterocycles. The Morgan fingerprint density at radius 2 is 1.67 bits per heavy atom. The molecule has 5 nitrogen and oxygen atoms in total. The Labute approximate surface area is 142 Å². The van der Waals surface area contributed by atoms with Crippen molar-refractivity contribution < 1.29 is 14.3 Å². The third-order valence-electron chi connectivity index (χ3n) is 3.44. The monoisotopic (exact) mass is 326 g/mol. The third-order valence-corrected chi connectivity index (χ3v) is 3.44. The van der Waals surface area contributed by atoms with E-state index in [-0.39, 0.29) is 11.8 Å². The Kier molecular flexibility index (Phi) is 5.95. The van der Waals surface area contributed by atoms with Gasteiger partial charge in [0, 0.05) is 17.8 Å². The van der Waals surface area contributed by atoms with E-state index in [4.69, 9.17) is 4.74 Å². The van der Waals surface area contributed by atoms with Gasteiger partial charge in [0.25, 0.3) is 5.91 Å². The van der Waals surface area contributed by atoms with Gasteiger partial charge in [-0.15, -0.1) is 0 Å². The SMILES string of the molecule is CCC(=O)Nc1cccc(NC(=O)C(C)Oc2ccc(C)cc2)c1. The smallest absolute Gasteiger partial charge is 0.265 e. The van der Waals surface area contributed by atoms with Gasteiger partial charge in [-0.2, -0.15) is 0 Å². The lowest BCUT2D eigenvalue weighted by atomic mass is 10.2. The summed E-state index contributed by atoms with van der Waals surface area (Å²) in [5.74, 6) is 0.316. The van der Waals surface area contributed by atoms with Crippen LogP contribution in [-0.4, -0.2) is 17.9 Å². The molecule has 0 aliphatic carbocycles. The van der Waals surface area contributed by atoms with Crippen molar-refractivity contribution in [2.24, 2.45) is 0 Å². The lowest BCUT2D eigenvalue weighted by Crippen LogP contribution is -2.30. The van der Waals surface area contributed by atoms with E-state index in [1.807, 2.05) is 31.2 Å². The van der Waals surface area contributed by atoms with Gasteiger partial charge in [-0.1, -0.05) is 30.7 Å². The lowest BCUT2D eigenvalue weighted by molar-refractivity contribution is -0.122. The topological polar surface area (TPSA) is 67.4 Å². The zero-order valence-electron chi connectivity index (χ0n) is 14.1. The number of carbonyl (C=O) groups excluding carboxylic acids is 2. The van der Waals surface area contributed by atoms with Crippen LogP contribution in [0.3, 0.4) is 0 Å². The minimum absolute atomic E-state index is 0.0745. The molecule has 0 aliphatic rings. The van der Waals surface area contributed by atoms with E-state index < -0.39 is 6.10 Å². The fourth-order valence-electron chi connectivity index (χ4n) is 2.04. The minimum Gasteiger partial charge on any atom is -0.481 e. The molecule has 0 saturated carbocycles. The van der Waals surface area contributed by atoms with Crippen LogP contribution in [0.5, 0.6) is 5.75 Å². The van der Waals surface area contributed by atoms with E-state index >= 15 is 0 Å². The van der Waals surface area contributed by atoms with Gasteiger partial charge in [0.15, 0.2) is 6.10 Å². The molecule has 24 heavy (non-hydrogen) atoms. The predicted octanol–water partition coefficient (Wildman–Crippen LogP) is 3.75. The molecular formula is C19H22N2O3. The fourth-order valence-corrected chi connectivity index (χ4v) is 2.04. The number of nitrogens with one attached hydrogen (secondary N) is 2. The first-order chi connectivity index (χ1) is 11.5. The predicted molar refractivity (Wildman–Crippen MR) is 95.3 cm³/mol. The van der Waals surface area contributed by atoms with Crippen LogP contribution in [0.4, 0.5) is 11.4 Å². The molecular weight excluding hydrogens is 304 g/mol. The highest BCUT2D eigenvalue weighted by molar-refractivity contribution is 5.95. The summed E-state index contributed by atoms with van der Waals surface area (Å²) < 4.78 is 5.63. The summed E-state index contributed by atoms with van der Waals surface area (Å²) in [6, 6.07) is 14.5. The van der Waals surface area contributed by atoms with Crippen LogP contribution in [0, 0.1) is 6.92 Å². The lowest BCUT2D eigenvalue weighted by Gasteiger charge is -2.15. The average Bonchev–Trinajstić information content (AvgIpc) is 2.57. The molecule has 0 radical (unpaired) electrons. The molecule has 0 aromatic heterocycles. The Morgan fingerprint density at radius 1 is 1.04 bits per heavy atom. The molecule has 2 rings (SSSR count). The van der Waals surface area contributed by atoms with Crippen molar-refractivity contribution in [1.29, 1.82) is 0 Å². The minimum atomic E-state index is -0.637. The van der Waals surface area contributed by atoms with Crippen LogP contribution >= 0.6 is 0 Å². The molecule has 2 aromatic rings. The molecule has 0 spiro atoms. The van der Waals surface area contributed by atoms with Gasteiger partial charge in [-0.3, -0.25) is 9.59 Å². The van der Waals surface area contributed by atoms with Gasteiger partial charge in [0.05, 0.1) is 0 Å². The molecule has 1 atom stereocenters. The molecule has 1 unspecified atom stereocenters. The number of carbonyl (C=O) groups is 2. The van der Waals surface area contributed by atoms with Gasteiger partial charge < -0.3 is 15.4 Å². The van der Waals surface area contributed by atoms with E-state index in [9.17, 15) is 9.59 Å². The molecule has 2 N–H and O–H groups in total. The van der Waals surface area contributed by atoms with Crippen molar-refractivity contribution in [3.05, 3.63) is 54.1 Å². The number of hydrogen-bond donors (Lipinski definition) is 2. The van der Waals surface area contributed by atoms with Crippen molar-refractivity contribution in [2.75, 3.05) is 10.6 Å². The normalized spacial score (nSPS) is 11.5. The van der Waals surface area contributed by atoms with Crippen molar-refractivity contribution in [1.82, 2.24) is 0 Å². The van der Waals surface area contributed by atoms with Crippen LogP contribution in [0.15, 0.2) is 48.5 Å². The first-order valence-corrected chi connectivity index (χ1v) is 7.92. The van der Waals surface area contributed by atoms with Crippen LogP contribution < -0.4 is 15.4 Å². The van der Waals surface area contributed by atoms with E-state index in [0.717, 1.165) is 5.56 Å². The zero-order chi connectivity index (χ0) is 17.5. The van der Waals surface area contributed by atoms with Crippen molar-refractivity contribution in [3.8, 4) is 5.75 Å². The summed E-state index contributed by atoms with van der Waals surface area (Å²) >= 11 is 0. The number of benzene rings is 2. The number of anilines is 2. The second kappa shape index (κ2) is 8.15. The summed E-state index contributed by atoms with van der Waals surface area (Å²) in [7, 11) is 0. The van der Waals surface area contributed by atoms with E-state index in [1.54, 1.807) is 38.1 Å². The highest BCUT2D eigenvalue weighted by atomic mass is 16.5. The van der Waals surface area contributed by atoms with Gasteiger partial charge in [-0.05, 0) is 44.2 Å². The quantitative estimate of drug-likeness (QED) is 0.849. The standard InChI is InChI=1S/C19H22N2O3/c1-4-18(22)20-15-6-5-7-16(12-15)21-19(23)14(3)24-17-10-8-13(2)9-11-17/h5-12,14H,4H2,1-3H3,(H,20,22)(H,21,23). The summed E-state index contributed by atoms with van der Waals surface area (Å²) in [4.78, 5) is 23.7. The maximum atomic E-state index is 12.2. The molecule has 126 valence electrons. The van der Waals surface area contributed by atoms with Gasteiger partial charge in [0.2, 0.25) is 5.91 Å². The number of rotatable bonds is 6. The molecule has 2 aromatic carbocycles. The number of amides is 2. The van der Waals surface area contributed by atoms with Crippen LogP contribution in [-0.2, 0) is 9.59 Å². The van der Waals surface area contributed by atoms with Gasteiger partial charge >= 0.3 is 0 Å². The molecule has 0 bridgehead atoms. The van der Waals surface area contributed by atoms with E-state index in [0.29, 0.717) is 23.5 Å². The van der Waals surface area contributed by atoms with Crippen LogP contribution in [0.1, 0.15) is 25.8 Å². The molecule has 0 aliphatic heterocycles. The Bertz CT molecular complexity index is 711. The molecule has 5 heteroatoms. The second-order valence-electron chi connectivity index (χ2n) is 5.54. The molecule has 0 fully saturated rings. The summed E-state index contributed by atoms with van der Waals surface area (Å²) in [5, 5.41) is 5.55. The van der Waals surface area contributed by atoms with Gasteiger partial charge in [0.1, 0.15) is 5.75 Å². The summed E-state index contributed by atoms with van der Waals surface area (Å²) in [5.41, 5.74) is 2.38. The molecule has 2 amide bonds. The second-order valence-corrected chi connectivity index (χ2v) is 5.54. The van der Waals surface area contributed by atoms with E-state index in [2.05, 4.69) is 10.6 Å². The Hall–Kier alpha value is -2.82. The highest BCUT2D eigenvalue weighted by Gasteiger charge is 2.15. The largest absolute Gasteiger partial charge is 0.481 e. The summed E-state index contributed by atoms with van der Waals surface area (Å²) in [6.45, 7) is 5.47. The molecule has 0 saturated heterocycles. The maximum Gasteiger partial charge on any atom is 0.265 e. The number of ether oxygens (including phenoxy) is 1. The first kappa shape index (κ1) is 17.5. The number of aryl methyl sites for hydroxylation is 1. The first-order valence-electron chi connectivity index (χ1n) is 7.92. The van der Waals surface area contributed by atoms with Crippen molar-refractivity contribution in [3.63, 3.8) is 0 Å².